The number of carbonyl (C=O) groups excluding carboxylic acids is 1. The third-order valence-corrected chi connectivity index (χ3v) is 6.53. The summed E-state index contributed by atoms with van der Waals surface area (Å²) in [4.78, 5) is 16.3. The van der Waals surface area contributed by atoms with Gasteiger partial charge < -0.3 is 19.3 Å². The van der Waals surface area contributed by atoms with Crippen LogP contribution in [-0.2, 0) is 26.0 Å². The molecule has 0 spiro atoms. The molecule has 3 rings (SSSR count). The lowest BCUT2D eigenvalue weighted by Gasteiger charge is -2.26. The average Bonchev–Trinajstić information content (AvgIpc) is 3.23. The maximum atomic E-state index is 12.2. The molecule has 2 aromatic rings. The number of rotatable bonds is 10. The van der Waals surface area contributed by atoms with Gasteiger partial charge in [-0.25, -0.2) is 8.42 Å². The predicted molar refractivity (Wildman–Crippen MR) is 108 cm³/mol. The summed E-state index contributed by atoms with van der Waals surface area (Å²) in [6, 6.07) is 7.31. The van der Waals surface area contributed by atoms with Crippen molar-refractivity contribution in [2.45, 2.75) is 19.3 Å². The van der Waals surface area contributed by atoms with E-state index in [0.29, 0.717) is 50.9 Å². The number of morpholine rings is 1. The summed E-state index contributed by atoms with van der Waals surface area (Å²) in [5.74, 6) is 1.34. The minimum absolute atomic E-state index is 0.0840. The zero-order valence-corrected chi connectivity index (χ0v) is 17.7. The highest BCUT2D eigenvalue weighted by atomic mass is 32.2. The van der Waals surface area contributed by atoms with Gasteiger partial charge in [-0.15, -0.1) is 0 Å². The van der Waals surface area contributed by atoms with E-state index < -0.39 is 10.0 Å². The van der Waals surface area contributed by atoms with Crippen molar-refractivity contribution in [3.05, 3.63) is 30.2 Å². The van der Waals surface area contributed by atoms with E-state index in [2.05, 4.69) is 15.5 Å². The fourth-order valence-corrected chi connectivity index (χ4v) is 4.30. The molecule has 1 saturated heterocycles. The van der Waals surface area contributed by atoms with E-state index in [-0.39, 0.29) is 24.6 Å². The second-order valence-electron chi connectivity index (χ2n) is 6.77. The molecule has 1 N–H and O–H groups in total. The Morgan fingerprint density at radius 3 is 2.67 bits per heavy atom. The molecule has 0 radical (unpaired) electrons. The lowest BCUT2D eigenvalue weighted by molar-refractivity contribution is -0.121. The zero-order valence-electron chi connectivity index (χ0n) is 16.9. The van der Waals surface area contributed by atoms with E-state index in [9.17, 15) is 13.2 Å². The Kier molecular flexibility index (Phi) is 7.77. The SMILES string of the molecule is COc1ccc(-c2noc(CCCC(=O)NCCS(=O)(=O)N3CCOCC3)n2)cc1. The number of sulfonamides is 1. The van der Waals surface area contributed by atoms with E-state index in [1.54, 1.807) is 7.11 Å². The van der Waals surface area contributed by atoms with Crippen LogP contribution in [0.4, 0.5) is 0 Å². The fourth-order valence-electron chi connectivity index (χ4n) is 2.98. The Morgan fingerprint density at radius 2 is 1.97 bits per heavy atom. The van der Waals surface area contributed by atoms with Crippen molar-refractivity contribution in [2.24, 2.45) is 0 Å². The lowest BCUT2D eigenvalue weighted by Crippen LogP contribution is -2.43. The zero-order chi connectivity index (χ0) is 21.4. The Morgan fingerprint density at radius 1 is 1.23 bits per heavy atom. The van der Waals surface area contributed by atoms with Crippen LogP contribution in [0, 0.1) is 0 Å². The molecule has 30 heavy (non-hydrogen) atoms. The second kappa shape index (κ2) is 10.5. The maximum Gasteiger partial charge on any atom is 0.226 e. The van der Waals surface area contributed by atoms with Gasteiger partial charge in [0, 0.05) is 38.0 Å². The predicted octanol–water partition coefficient (Wildman–Crippen LogP) is 0.846. The van der Waals surface area contributed by atoms with Crippen LogP contribution in [0.5, 0.6) is 5.75 Å². The van der Waals surface area contributed by atoms with Crippen molar-refractivity contribution in [1.82, 2.24) is 19.8 Å². The molecule has 0 aliphatic carbocycles. The summed E-state index contributed by atoms with van der Waals surface area (Å²) in [6.07, 6.45) is 1.23. The van der Waals surface area contributed by atoms with Gasteiger partial charge in [0.25, 0.3) is 0 Å². The molecule has 0 saturated carbocycles. The van der Waals surface area contributed by atoms with Crippen LogP contribution in [0.1, 0.15) is 18.7 Å². The molecule has 1 aromatic carbocycles. The van der Waals surface area contributed by atoms with Gasteiger partial charge in [0.05, 0.1) is 26.1 Å². The van der Waals surface area contributed by atoms with E-state index >= 15 is 0 Å². The largest absolute Gasteiger partial charge is 0.497 e. The van der Waals surface area contributed by atoms with Gasteiger partial charge in [-0.3, -0.25) is 4.79 Å². The van der Waals surface area contributed by atoms with Crippen molar-refractivity contribution in [3.63, 3.8) is 0 Å². The standard InChI is InChI=1S/C19H26N4O6S/c1-27-16-7-5-15(6-8-16)19-21-18(29-22-19)4-2-3-17(24)20-9-14-30(25,26)23-10-12-28-13-11-23/h5-8H,2-4,9-14H2,1H3,(H,20,24). The highest BCUT2D eigenvalue weighted by Crippen LogP contribution is 2.20. The molecule has 0 bridgehead atoms. The average molecular weight is 439 g/mol. The number of hydrogen-bond donors (Lipinski definition) is 1. The number of benzene rings is 1. The van der Waals surface area contributed by atoms with Gasteiger partial charge in [-0.1, -0.05) is 5.16 Å². The van der Waals surface area contributed by atoms with Gasteiger partial charge in [0.2, 0.25) is 27.6 Å². The summed E-state index contributed by atoms with van der Waals surface area (Å²) in [5.41, 5.74) is 0.810. The maximum absolute atomic E-state index is 12.2. The minimum Gasteiger partial charge on any atom is -0.497 e. The Labute approximate surface area is 175 Å². The van der Waals surface area contributed by atoms with Gasteiger partial charge >= 0.3 is 0 Å². The van der Waals surface area contributed by atoms with Crippen LogP contribution < -0.4 is 10.1 Å². The number of nitrogens with zero attached hydrogens (tertiary/aromatic N) is 3. The van der Waals surface area contributed by atoms with Crippen LogP contribution in [0.25, 0.3) is 11.4 Å². The molecular formula is C19H26N4O6S. The number of ether oxygens (including phenoxy) is 2. The molecule has 164 valence electrons. The van der Waals surface area contributed by atoms with Crippen LogP contribution in [0.3, 0.4) is 0 Å². The summed E-state index contributed by atoms with van der Waals surface area (Å²) in [5, 5.41) is 6.60. The van der Waals surface area contributed by atoms with Crippen LogP contribution in [0.15, 0.2) is 28.8 Å². The van der Waals surface area contributed by atoms with Gasteiger partial charge in [-0.2, -0.15) is 9.29 Å². The van der Waals surface area contributed by atoms with Crippen molar-refractivity contribution in [3.8, 4) is 17.1 Å². The van der Waals surface area contributed by atoms with E-state index in [0.717, 1.165) is 11.3 Å². The molecule has 1 aromatic heterocycles. The minimum atomic E-state index is -3.37. The molecular weight excluding hydrogens is 412 g/mol. The molecule has 1 fully saturated rings. The second-order valence-corrected chi connectivity index (χ2v) is 8.86. The lowest BCUT2D eigenvalue weighted by atomic mass is 10.2. The third-order valence-electron chi connectivity index (χ3n) is 4.66. The molecule has 10 nitrogen and oxygen atoms in total. The number of carbonyl (C=O) groups is 1. The van der Waals surface area contributed by atoms with Crippen LogP contribution in [0.2, 0.25) is 0 Å². The van der Waals surface area contributed by atoms with Crippen molar-refractivity contribution in [1.29, 1.82) is 0 Å². The normalized spacial score (nSPS) is 15.1. The number of amides is 1. The van der Waals surface area contributed by atoms with Gasteiger partial charge in [-0.05, 0) is 30.7 Å². The van der Waals surface area contributed by atoms with E-state index in [1.165, 1.54) is 4.31 Å². The molecule has 0 atom stereocenters. The molecule has 1 aliphatic rings. The highest BCUT2D eigenvalue weighted by molar-refractivity contribution is 7.89. The highest BCUT2D eigenvalue weighted by Gasteiger charge is 2.23. The number of nitrogens with one attached hydrogen (secondary N) is 1. The first kappa shape index (κ1) is 22.2. The summed E-state index contributed by atoms with van der Waals surface area (Å²) in [7, 11) is -1.78. The van der Waals surface area contributed by atoms with Gasteiger partial charge in [0.15, 0.2) is 0 Å². The van der Waals surface area contributed by atoms with Crippen molar-refractivity contribution >= 4 is 15.9 Å². The topological polar surface area (TPSA) is 124 Å². The van der Waals surface area contributed by atoms with Crippen molar-refractivity contribution in [2.75, 3.05) is 45.7 Å². The number of methoxy groups -OCH3 is 1. The first-order valence-corrected chi connectivity index (χ1v) is 11.4. The monoisotopic (exact) mass is 438 g/mol. The summed E-state index contributed by atoms with van der Waals surface area (Å²) < 4.78 is 41.3. The third kappa shape index (κ3) is 6.25. The molecule has 2 heterocycles. The van der Waals surface area contributed by atoms with Crippen molar-refractivity contribution < 1.29 is 27.2 Å². The van der Waals surface area contributed by atoms with E-state index in [4.69, 9.17) is 14.0 Å². The summed E-state index contributed by atoms with van der Waals surface area (Å²) in [6.45, 7) is 1.61. The van der Waals surface area contributed by atoms with E-state index in [1.807, 2.05) is 24.3 Å². The quantitative estimate of drug-likeness (QED) is 0.579. The fraction of sp³-hybridized carbons (Fsp3) is 0.526. The molecule has 1 aliphatic heterocycles. The van der Waals surface area contributed by atoms with Crippen LogP contribution in [-0.4, -0.2) is 74.5 Å². The Balaban J connectivity index is 1.37. The Hall–Kier alpha value is -2.50. The van der Waals surface area contributed by atoms with Crippen LogP contribution >= 0.6 is 0 Å². The number of hydrogen-bond acceptors (Lipinski definition) is 8. The first-order valence-electron chi connectivity index (χ1n) is 9.77. The van der Waals surface area contributed by atoms with Gasteiger partial charge in [0.1, 0.15) is 5.75 Å². The number of aromatic nitrogens is 2. The Bertz CT molecular complexity index is 923. The molecule has 1 amide bonds. The summed E-state index contributed by atoms with van der Waals surface area (Å²) >= 11 is 0. The smallest absolute Gasteiger partial charge is 0.226 e. The first-order chi connectivity index (χ1) is 14.5. The molecule has 11 heteroatoms. The number of aryl methyl sites for hydroxylation is 1. The molecule has 0 unspecified atom stereocenters.